The van der Waals surface area contributed by atoms with E-state index in [1.54, 1.807) is 23.0 Å². The molecule has 0 bridgehead atoms. The van der Waals surface area contributed by atoms with E-state index < -0.39 is 10.0 Å². The number of hydrogen-bond donors (Lipinski definition) is 1. The van der Waals surface area contributed by atoms with E-state index in [4.69, 9.17) is 0 Å². The Hall–Kier alpha value is -0.920. The zero-order valence-corrected chi connectivity index (χ0v) is 11.2. The average Bonchev–Trinajstić information content (AvgIpc) is 2.60. The molecule has 0 amide bonds. The van der Waals surface area contributed by atoms with Crippen molar-refractivity contribution in [3.63, 3.8) is 0 Å². The molecule has 1 aliphatic heterocycles. The minimum atomic E-state index is -3.41. The molecule has 7 heteroatoms. The number of nitrogens with zero attached hydrogens (tertiary/aromatic N) is 3. The Morgan fingerprint density at radius 2 is 2.24 bits per heavy atom. The van der Waals surface area contributed by atoms with E-state index in [1.807, 2.05) is 6.92 Å². The van der Waals surface area contributed by atoms with Gasteiger partial charge in [0.2, 0.25) is 10.0 Å². The summed E-state index contributed by atoms with van der Waals surface area (Å²) in [6.45, 7) is 5.58. The third-order valence-corrected chi connectivity index (χ3v) is 5.33. The average molecular weight is 258 g/mol. The minimum absolute atomic E-state index is 0.0200. The molecule has 0 saturated carbocycles. The van der Waals surface area contributed by atoms with E-state index in [-0.39, 0.29) is 6.04 Å². The molecule has 1 saturated heterocycles. The van der Waals surface area contributed by atoms with E-state index in [9.17, 15) is 8.42 Å². The molecule has 0 aromatic carbocycles. The van der Waals surface area contributed by atoms with Gasteiger partial charge in [-0.3, -0.25) is 4.68 Å². The van der Waals surface area contributed by atoms with Crippen LogP contribution in [0.2, 0.25) is 0 Å². The van der Waals surface area contributed by atoms with Crippen LogP contribution in [-0.2, 0) is 17.1 Å². The van der Waals surface area contributed by atoms with E-state index >= 15 is 0 Å². The smallest absolute Gasteiger partial charge is 0.246 e. The molecule has 1 fully saturated rings. The molecule has 1 atom stereocenters. The van der Waals surface area contributed by atoms with Gasteiger partial charge in [-0.15, -0.1) is 0 Å². The summed E-state index contributed by atoms with van der Waals surface area (Å²) in [4.78, 5) is 0.314. The standard InChI is InChI=1S/C10H18N4O2S/c1-8-6-11-4-5-14(8)17(15,16)10-7-12-13(3)9(10)2/h7-8,11H,4-6H2,1-3H3/t8-/m1/s1. The van der Waals surface area contributed by atoms with Gasteiger partial charge in [0.25, 0.3) is 0 Å². The lowest BCUT2D eigenvalue weighted by Crippen LogP contribution is -2.52. The number of aryl methyl sites for hydroxylation is 1. The van der Waals surface area contributed by atoms with Gasteiger partial charge in [0.05, 0.1) is 11.9 Å². The van der Waals surface area contributed by atoms with Crippen molar-refractivity contribution in [3.05, 3.63) is 11.9 Å². The van der Waals surface area contributed by atoms with Crippen LogP contribution < -0.4 is 5.32 Å². The highest BCUT2D eigenvalue weighted by atomic mass is 32.2. The SMILES string of the molecule is Cc1c(S(=O)(=O)N2CCNC[C@H]2C)cnn1C. The largest absolute Gasteiger partial charge is 0.314 e. The van der Waals surface area contributed by atoms with Crippen molar-refractivity contribution >= 4 is 10.0 Å². The third kappa shape index (κ3) is 2.10. The quantitative estimate of drug-likeness (QED) is 0.791. The van der Waals surface area contributed by atoms with Crippen molar-refractivity contribution in [3.8, 4) is 0 Å². The molecule has 1 aromatic heterocycles. The van der Waals surface area contributed by atoms with Crippen LogP contribution in [0.15, 0.2) is 11.1 Å². The third-order valence-electron chi connectivity index (χ3n) is 3.22. The Balaban J connectivity index is 2.39. The maximum atomic E-state index is 12.5. The zero-order chi connectivity index (χ0) is 12.6. The first-order valence-electron chi connectivity index (χ1n) is 5.65. The number of nitrogens with one attached hydrogen (secondary N) is 1. The summed E-state index contributed by atoms with van der Waals surface area (Å²) in [5.41, 5.74) is 0.677. The topological polar surface area (TPSA) is 67.2 Å². The Kier molecular flexibility index (Phi) is 3.24. The molecule has 2 heterocycles. The second-order valence-corrected chi connectivity index (χ2v) is 6.25. The van der Waals surface area contributed by atoms with Gasteiger partial charge in [0, 0.05) is 32.7 Å². The minimum Gasteiger partial charge on any atom is -0.314 e. The lowest BCUT2D eigenvalue weighted by atomic mass is 10.3. The Bertz CT molecular complexity index is 508. The maximum absolute atomic E-state index is 12.5. The molecule has 6 nitrogen and oxygen atoms in total. The van der Waals surface area contributed by atoms with Gasteiger partial charge in [-0.2, -0.15) is 9.40 Å². The molecule has 0 aliphatic carbocycles. The van der Waals surface area contributed by atoms with Gasteiger partial charge in [0.1, 0.15) is 4.90 Å². The summed E-state index contributed by atoms with van der Waals surface area (Å²) in [6.07, 6.45) is 1.43. The van der Waals surface area contributed by atoms with Crippen LogP contribution in [0.3, 0.4) is 0 Å². The summed E-state index contributed by atoms with van der Waals surface area (Å²) >= 11 is 0. The Morgan fingerprint density at radius 1 is 1.53 bits per heavy atom. The fourth-order valence-electron chi connectivity index (χ4n) is 2.04. The summed E-state index contributed by atoms with van der Waals surface area (Å²) < 4.78 is 28.1. The molecule has 1 aliphatic rings. The van der Waals surface area contributed by atoms with Crippen molar-refractivity contribution in [2.45, 2.75) is 24.8 Å². The summed E-state index contributed by atoms with van der Waals surface area (Å²) in [7, 11) is -1.67. The number of hydrogen-bond acceptors (Lipinski definition) is 4. The summed E-state index contributed by atoms with van der Waals surface area (Å²) in [5, 5.41) is 7.18. The fourth-order valence-corrected chi connectivity index (χ4v) is 3.86. The maximum Gasteiger partial charge on any atom is 0.246 e. The summed E-state index contributed by atoms with van der Waals surface area (Å²) in [5.74, 6) is 0. The molecule has 0 spiro atoms. The zero-order valence-electron chi connectivity index (χ0n) is 10.3. The van der Waals surface area contributed by atoms with Gasteiger partial charge in [0.15, 0.2) is 0 Å². The van der Waals surface area contributed by atoms with Gasteiger partial charge in [-0.05, 0) is 13.8 Å². The predicted octanol–water partition coefficient (Wildman–Crippen LogP) is -0.289. The second kappa shape index (κ2) is 4.40. The number of sulfonamides is 1. The molecular formula is C10H18N4O2S. The normalized spacial score (nSPS) is 22.9. The highest BCUT2D eigenvalue weighted by Gasteiger charge is 2.33. The van der Waals surface area contributed by atoms with Crippen molar-refractivity contribution in [1.82, 2.24) is 19.4 Å². The van der Waals surface area contributed by atoms with Gasteiger partial charge in [-0.1, -0.05) is 0 Å². The van der Waals surface area contributed by atoms with E-state index in [0.29, 0.717) is 30.2 Å². The van der Waals surface area contributed by atoms with Crippen molar-refractivity contribution in [1.29, 1.82) is 0 Å². The summed E-state index contributed by atoms with van der Waals surface area (Å²) in [6, 6.07) is -0.0200. The van der Waals surface area contributed by atoms with E-state index in [2.05, 4.69) is 10.4 Å². The number of rotatable bonds is 2. The molecule has 1 N–H and O–H groups in total. The highest BCUT2D eigenvalue weighted by molar-refractivity contribution is 7.89. The van der Waals surface area contributed by atoms with Crippen LogP contribution in [-0.4, -0.2) is 48.2 Å². The lowest BCUT2D eigenvalue weighted by molar-refractivity contribution is 0.283. The molecule has 0 radical (unpaired) electrons. The van der Waals surface area contributed by atoms with Crippen LogP contribution >= 0.6 is 0 Å². The van der Waals surface area contributed by atoms with E-state index in [0.717, 1.165) is 0 Å². The Morgan fingerprint density at radius 3 is 2.76 bits per heavy atom. The van der Waals surface area contributed by atoms with Crippen LogP contribution in [0, 0.1) is 6.92 Å². The molecule has 2 rings (SSSR count). The van der Waals surface area contributed by atoms with Crippen LogP contribution in [0.1, 0.15) is 12.6 Å². The molecular weight excluding hydrogens is 240 g/mol. The van der Waals surface area contributed by atoms with Crippen LogP contribution in [0.25, 0.3) is 0 Å². The predicted molar refractivity (Wildman–Crippen MR) is 64.2 cm³/mol. The molecule has 1 aromatic rings. The van der Waals surface area contributed by atoms with Gasteiger partial charge < -0.3 is 5.32 Å². The van der Waals surface area contributed by atoms with E-state index in [1.165, 1.54) is 6.20 Å². The van der Waals surface area contributed by atoms with Crippen molar-refractivity contribution < 1.29 is 8.42 Å². The number of aromatic nitrogens is 2. The van der Waals surface area contributed by atoms with Gasteiger partial charge in [-0.25, -0.2) is 8.42 Å². The van der Waals surface area contributed by atoms with Crippen LogP contribution in [0.5, 0.6) is 0 Å². The molecule has 17 heavy (non-hydrogen) atoms. The first-order chi connectivity index (χ1) is 7.94. The van der Waals surface area contributed by atoms with Crippen molar-refractivity contribution in [2.75, 3.05) is 19.6 Å². The molecule has 96 valence electrons. The Labute approximate surface area is 102 Å². The second-order valence-electron chi connectivity index (χ2n) is 4.39. The van der Waals surface area contributed by atoms with Gasteiger partial charge >= 0.3 is 0 Å². The first-order valence-corrected chi connectivity index (χ1v) is 7.09. The highest BCUT2D eigenvalue weighted by Crippen LogP contribution is 2.21. The lowest BCUT2D eigenvalue weighted by Gasteiger charge is -2.32. The van der Waals surface area contributed by atoms with Crippen molar-refractivity contribution in [2.24, 2.45) is 7.05 Å². The molecule has 0 unspecified atom stereocenters. The number of piperazine rings is 1. The monoisotopic (exact) mass is 258 g/mol. The fraction of sp³-hybridized carbons (Fsp3) is 0.700. The van der Waals surface area contributed by atoms with Crippen LogP contribution in [0.4, 0.5) is 0 Å². The first kappa shape index (κ1) is 12.5.